The van der Waals surface area contributed by atoms with E-state index in [-0.39, 0.29) is 5.75 Å². The first-order valence-corrected chi connectivity index (χ1v) is 11.0. The lowest BCUT2D eigenvalue weighted by Crippen LogP contribution is -2.12. The number of anilines is 3. The van der Waals surface area contributed by atoms with Crippen molar-refractivity contribution in [1.82, 2.24) is 4.98 Å². The van der Waals surface area contributed by atoms with Crippen LogP contribution in [0.25, 0.3) is 33.4 Å². The van der Waals surface area contributed by atoms with E-state index in [1.807, 2.05) is 42.6 Å². The van der Waals surface area contributed by atoms with Crippen LogP contribution in [0.1, 0.15) is 5.56 Å². The van der Waals surface area contributed by atoms with Crippen molar-refractivity contribution >= 4 is 17.2 Å². The molecule has 1 aliphatic heterocycles. The lowest BCUT2D eigenvalue weighted by molar-refractivity contribution is 0.475. The maximum atomic E-state index is 10.4. The Bertz CT molecular complexity index is 1490. The molecule has 6 rings (SSSR count). The summed E-state index contributed by atoms with van der Waals surface area (Å²) >= 11 is 0. The van der Waals surface area contributed by atoms with Crippen LogP contribution in [0.3, 0.4) is 0 Å². The number of nitrogens with zero attached hydrogens (tertiary/aromatic N) is 2. The van der Waals surface area contributed by atoms with E-state index < -0.39 is 0 Å². The van der Waals surface area contributed by atoms with E-state index in [1.54, 1.807) is 6.07 Å². The number of pyridine rings is 1. The van der Waals surface area contributed by atoms with Crippen molar-refractivity contribution in [2.45, 2.75) is 6.92 Å². The summed E-state index contributed by atoms with van der Waals surface area (Å²) in [7, 11) is 0. The average molecular weight is 427 g/mol. The highest BCUT2D eigenvalue weighted by Crippen LogP contribution is 2.51. The van der Waals surface area contributed by atoms with Gasteiger partial charge < -0.3 is 5.11 Å². The van der Waals surface area contributed by atoms with E-state index in [9.17, 15) is 5.11 Å². The van der Waals surface area contributed by atoms with Gasteiger partial charge in [0.05, 0.1) is 11.4 Å². The zero-order valence-corrected chi connectivity index (χ0v) is 18.2. The Morgan fingerprint density at radius 2 is 1.24 bits per heavy atom. The maximum Gasteiger partial charge on any atom is 0.137 e. The van der Waals surface area contributed by atoms with Crippen LogP contribution in [-0.4, -0.2) is 10.1 Å². The molecule has 5 aromatic rings. The fourth-order valence-electron chi connectivity index (χ4n) is 4.74. The second-order valence-corrected chi connectivity index (χ2v) is 8.32. The smallest absolute Gasteiger partial charge is 0.137 e. The van der Waals surface area contributed by atoms with E-state index in [1.165, 1.54) is 5.56 Å². The van der Waals surface area contributed by atoms with Gasteiger partial charge in [-0.2, -0.15) is 0 Å². The Hall–Kier alpha value is -4.37. The molecule has 33 heavy (non-hydrogen) atoms. The molecular weight excluding hydrogens is 404 g/mol. The molecule has 0 unspecified atom stereocenters. The average Bonchev–Trinajstić information content (AvgIpc) is 2.97. The SMILES string of the molecule is Cc1cc(N2c3ccccc3-c3ccccc3-c3ccc(O)cc32)ncc1-c1ccccc1. The van der Waals surface area contributed by atoms with Crippen molar-refractivity contribution in [3.63, 3.8) is 0 Å². The molecule has 2 heterocycles. The van der Waals surface area contributed by atoms with E-state index >= 15 is 0 Å². The molecule has 4 aromatic carbocycles. The van der Waals surface area contributed by atoms with E-state index in [0.717, 1.165) is 50.6 Å². The van der Waals surface area contributed by atoms with Gasteiger partial charge in [0.15, 0.2) is 0 Å². The number of phenols is 1. The maximum absolute atomic E-state index is 10.4. The molecule has 0 saturated heterocycles. The summed E-state index contributed by atoms with van der Waals surface area (Å²) in [5, 5.41) is 10.4. The van der Waals surface area contributed by atoms with Crippen LogP contribution in [0.2, 0.25) is 0 Å². The summed E-state index contributed by atoms with van der Waals surface area (Å²) < 4.78 is 0. The third-order valence-electron chi connectivity index (χ3n) is 6.28. The Labute approximate surface area is 193 Å². The molecule has 0 bridgehead atoms. The number of fused-ring (bicyclic) bond motifs is 5. The van der Waals surface area contributed by atoms with E-state index in [4.69, 9.17) is 4.98 Å². The Morgan fingerprint density at radius 3 is 1.97 bits per heavy atom. The van der Waals surface area contributed by atoms with Gasteiger partial charge >= 0.3 is 0 Å². The molecular formula is C30H22N2O. The normalized spacial score (nSPS) is 11.8. The summed E-state index contributed by atoms with van der Waals surface area (Å²) in [6.07, 6.45) is 1.95. The van der Waals surface area contributed by atoms with Gasteiger partial charge in [0.25, 0.3) is 0 Å². The molecule has 1 aliphatic rings. The highest BCUT2D eigenvalue weighted by atomic mass is 16.3. The topological polar surface area (TPSA) is 36.4 Å². The van der Waals surface area contributed by atoms with Crippen LogP contribution in [0, 0.1) is 6.92 Å². The van der Waals surface area contributed by atoms with Gasteiger partial charge in [0, 0.05) is 29.0 Å². The number of hydrogen-bond acceptors (Lipinski definition) is 3. The van der Waals surface area contributed by atoms with Gasteiger partial charge in [-0.25, -0.2) is 4.98 Å². The Kier molecular flexibility index (Phi) is 4.48. The van der Waals surface area contributed by atoms with Gasteiger partial charge in [-0.15, -0.1) is 0 Å². The monoisotopic (exact) mass is 426 g/mol. The van der Waals surface area contributed by atoms with Crippen molar-refractivity contribution in [2.24, 2.45) is 0 Å². The number of benzene rings is 4. The summed E-state index contributed by atoms with van der Waals surface area (Å²) in [4.78, 5) is 7.07. The fraction of sp³-hybridized carbons (Fsp3) is 0.0333. The number of aromatic nitrogens is 1. The zero-order valence-electron chi connectivity index (χ0n) is 18.2. The first-order chi connectivity index (χ1) is 16.2. The number of aromatic hydroxyl groups is 1. The van der Waals surface area contributed by atoms with E-state index in [2.05, 4.69) is 72.5 Å². The van der Waals surface area contributed by atoms with Crippen LogP contribution < -0.4 is 4.90 Å². The number of phenolic OH excluding ortho intramolecular Hbond substituents is 1. The molecule has 3 heteroatoms. The fourth-order valence-corrected chi connectivity index (χ4v) is 4.74. The first-order valence-electron chi connectivity index (χ1n) is 11.0. The Morgan fingerprint density at radius 1 is 0.606 bits per heavy atom. The number of hydrogen-bond donors (Lipinski definition) is 1. The molecule has 0 amide bonds. The van der Waals surface area contributed by atoms with E-state index in [0.29, 0.717) is 0 Å². The molecule has 0 aliphatic carbocycles. The van der Waals surface area contributed by atoms with Crippen LogP contribution in [-0.2, 0) is 0 Å². The minimum absolute atomic E-state index is 0.230. The number of rotatable bonds is 2. The predicted molar refractivity (Wildman–Crippen MR) is 135 cm³/mol. The molecule has 0 fully saturated rings. The first kappa shape index (κ1) is 19.3. The quantitative estimate of drug-likeness (QED) is 0.306. The third-order valence-corrected chi connectivity index (χ3v) is 6.28. The standard InChI is InChI=1S/C30H22N2O/c1-20-17-30(31-19-27(20)21-9-3-2-4-10-21)32-28-14-8-7-13-25(28)23-11-5-6-12-24(23)26-16-15-22(33)18-29(26)32/h2-19,33H,1H3. The molecule has 0 saturated carbocycles. The van der Waals surface area contributed by atoms with Gasteiger partial charge in [-0.1, -0.05) is 72.8 Å². The lowest BCUT2D eigenvalue weighted by atomic mass is 9.95. The third kappa shape index (κ3) is 3.17. The molecule has 0 radical (unpaired) electrons. The molecule has 0 atom stereocenters. The Balaban J connectivity index is 1.62. The van der Waals surface area contributed by atoms with Gasteiger partial charge in [-0.3, -0.25) is 4.90 Å². The summed E-state index contributed by atoms with van der Waals surface area (Å²) in [5.41, 5.74) is 9.85. The molecule has 1 N–H and O–H groups in total. The minimum atomic E-state index is 0.230. The van der Waals surface area contributed by atoms with Crippen molar-refractivity contribution < 1.29 is 5.11 Å². The summed E-state index contributed by atoms with van der Waals surface area (Å²) in [5.74, 6) is 1.05. The number of para-hydroxylation sites is 1. The molecule has 1 aromatic heterocycles. The zero-order chi connectivity index (χ0) is 22.4. The number of aryl methyl sites for hydroxylation is 1. The molecule has 0 spiro atoms. The van der Waals surface area contributed by atoms with Crippen molar-refractivity contribution in [1.29, 1.82) is 0 Å². The molecule has 158 valence electrons. The lowest BCUT2D eigenvalue weighted by Gasteiger charge is -2.27. The second-order valence-electron chi connectivity index (χ2n) is 8.32. The largest absolute Gasteiger partial charge is 0.508 e. The minimum Gasteiger partial charge on any atom is -0.508 e. The van der Waals surface area contributed by atoms with Gasteiger partial charge in [0.2, 0.25) is 0 Å². The van der Waals surface area contributed by atoms with Crippen molar-refractivity contribution in [3.05, 3.63) is 115 Å². The predicted octanol–water partition coefficient (Wildman–Crippen LogP) is 7.88. The van der Waals surface area contributed by atoms with Crippen molar-refractivity contribution in [2.75, 3.05) is 4.90 Å². The van der Waals surface area contributed by atoms with Crippen LogP contribution in [0.15, 0.2) is 109 Å². The summed E-state index contributed by atoms with van der Waals surface area (Å²) in [6.45, 7) is 2.12. The highest BCUT2D eigenvalue weighted by molar-refractivity contribution is 6.02. The molecule has 3 nitrogen and oxygen atoms in total. The van der Waals surface area contributed by atoms with Gasteiger partial charge in [-0.05, 0) is 53.4 Å². The highest BCUT2D eigenvalue weighted by Gasteiger charge is 2.27. The van der Waals surface area contributed by atoms with Crippen LogP contribution in [0.5, 0.6) is 5.75 Å². The summed E-state index contributed by atoms with van der Waals surface area (Å²) in [6, 6.07) is 34.8. The van der Waals surface area contributed by atoms with Gasteiger partial charge in [0.1, 0.15) is 11.6 Å². The van der Waals surface area contributed by atoms with Crippen LogP contribution >= 0.6 is 0 Å². The second kappa shape index (κ2) is 7.64. The van der Waals surface area contributed by atoms with Crippen LogP contribution in [0.4, 0.5) is 17.2 Å². The van der Waals surface area contributed by atoms with Crippen molar-refractivity contribution in [3.8, 4) is 39.1 Å².